The summed E-state index contributed by atoms with van der Waals surface area (Å²) in [7, 11) is 1.55. The Balaban J connectivity index is 2.49. The van der Waals surface area contributed by atoms with Crippen LogP contribution in [-0.4, -0.2) is 23.3 Å². The number of rotatable bonds is 3. The highest BCUT2D eigenvalue weighted by atomic mass is 16.5. The van der Waals surface area contributed by atoms with Crippen LogP contribution in [0.4, 0.5) is 5.82 Å². The van der Waals surface area contributed by atoms with Crippen LogP contribution in [0.3, 0.4) is 0 Å². The van der Waals surface area contributed by atoms with Crippen molar-refractivity contribution in [1.29, 1.82) is 0 Å². The lowest BCUT2D eigenvalue weighted by Crippen LogP contribution is -2.01. The minimum absolute atomic E-state index is 0.129. The van der Waals surface area contributed by atoms with Gasteiger partial charge in [0.1, 0.15) is 5.75 Å². The molecule has 6 nitrogen and oxygen atoms in total. The molecule has 88 valence electrons. The monoisotopic (exact) mass is 234 g/mol. The minimum atomic E-state index is -1.17. The van der Waals surface area contributed by atoms with E-state index >= 15 is 0 Å². The van der Waals surface area contributed by atoms with Gasteiger partial charge in [-0.2, -0.15) is 0 Å². The van der Waals surface area contributed by atoms with Crippen molar-refractivity contribution in [3.8, 4) is 17.1 Å². The highest BCUT2D eigenvalue weighted by Crippen LogP contribution is 2.28. The lowest BCUT2D eigenvalue weighted by Gasteiger charge is -2.01. The molecule has 0 radical (unpaired) electrons. The molecule has 0 aliphatic carbocycles. The van der Waals surface area contributed by atoms with Crippen LogP contribution in [0.1, 0.15) is 10.4 Å². The number of benzene rings is 1. The fraction of sp³-hybridized carbons (Fsp3) is 0.0909. The third-order valence-electron chi connectivity index (χ3n) is 2.28. The number of methoxy groups -OCH3 is 1. The highest BCUT2D eigenvalue weighted by molar-refractivity contribution is 5.98. The summed E-state index contributed by atoms with van der Waals surface area (Å²) < 4.78 is 9.92. The van der Waals surface area contributed by atoms with E-state index < -0.39 is 5.97 Å². The van der Waals surface area contributed by atoms with Gasteiger partial charge in [0, 0.05) is 5.56 Å². The SMILES string of the molecule is COc1ccc(-c2onc(N)c2C(=O)O)cc1. The summed E-state index contributed by atoms with van der Waals surface area (Å²) >= 11 is 0. The minimum Gasteiger partial charge on any atom is -0.497 e. The molecule has 1 aromatic heterocycles. The molecule has 0 aliphatic rings. The highest BCUT2D eigenvalue weighted by Gasteiger charge is 2.21. The maximum atomic E-state index is 11.0. The number of aromatic nitrogens is 1. The van der Waals surface area contributed by atoms with Crippen molar-refractivity contribution in [3.63, 3.8) is 0 Å². The van der Waals surface area contributed by atoms with E-state index in [0.29, 0.717) is 11.3 Å². The molecule has 17 heavy (non-hydrogen) atoms. The van der Waals surface area contributed by atoms with Crippen LogP contribution < -0.4 is 10.5 Å². The predicted molar refractivity (Wildman–Crippen MR) is 59.9 cm³/mol. The fourth-order valence-electron chi connectivity index (χ4n) is 1.45. The predicted octanol–water partition coefficient (Wildman–Crippen LogP) is 1.63. The van der Waals surface area contributed by atoms with Crippen LogP contribution in [0, 0.1) is 0 Å². The smallest absolute Gasteiger partial charge is 0.343 e. The van der Waals surface area contributed by atoms with Crippen molar-refractivity contribution in [2.45, 2.75) is 0 Å². The summed E-state index contributed by atoms with van der Waals surface area (Å²) in [4.78, 5) is 11.0. The standard InChI is InChI=1S/C11H10N2O4/c1-16-7-4-2-6(3-5-7)9-8(11(14)15)10(12)13-17-9/h2-5H,1H3,(H2,12,13)(H,14,15). The van der Waals surface area contributed by atoms with Gasteiger partial charge >= 0.3 is 5.97 Å². The summed E-state index contributed by atoms with van der Waals surface area (Å²) in [5.74, 6) is -0.506. The molecule has 0 bridgehead atoms. The van der Waals surface area contributed by atoms with E-state index in [4.69, 9.17) is 20.1 Å². The maximum absolute atomic E-state index is 11.0. The molecule has 0 spiro atoms. The number of nitrogens with two attached hydrogens (primary N) is 1. The van der Waals surface area contributed by atoms with Gasteiger partial charge in [0.25, 0.3) is 0 Å². The molecule has 1 heterocycles. The fourth-order valence-corrected chi connectivity index (χ4v) is 1.45. The van der Waals surface area contributed by atoms with E-state index in [-0.39, 0.29) is 17.1 Å². The van der Waals surface area contributed by atoms with Crippen LogP contribution >= 0.6 is 0 Å². The normalized spacial score (nSPS) is 10.2. The van der Waals surface area contributed by atoms with Crippen LogP contribution in [-0.2, 0) is 0 Å². The van der Waals surface area contributed by atoms with E-state index in [9.17, 15) is 4.79 Å². The van der Waals surface area contributed by atoms with Crippen molar-refractivity contribution in [3.05, 3.63) is 29.8 Å². The average Bonchev–Trinajstić information content (AvgIpc) is 2.71. The Labute approximate surface area is 96.6 Å². The third kappa shape index (κ3) is 1.92. The Morgan fingerprint density at radius 2 is 2.06 bits per heavy atom. The largest absolute Gasteiger partial charge is 0.497 e. The number of nitrogens with zero attached hydrogens (tertiary/aromatic N) is 1. The lowest BCUT2D eigenvalue weighted by atomic mass is 10.1. The van der Waals surface area contributed by atoms with E-state index in [1.54, 1.807) is 31.4 Å². The number of nitrogen functional groups attached to an aromatic ring is 1. The molecule has 2 rings (SSSR count). The lowest BCUT2D eigenvalue weighted by molar-refractivity contribution is 0.0698. The van der Waals surface area contributed by atoms with Gasteiger partial charge in [-0.3, -0.25) is 0 Å². The van der Waals surface area contributed by atoms with Gasteiger partial charge < -0.3 is 20.1 Å². The number of carboxylic acids is 1. The molecular weight excluding hydrogens is 224 g/mol. The Morgan fingerprint density at radius 1 is 1.41 bits per heavy atom. The molecule has 0 aliphatic heterocycles. The maximum Gasteiger partial charge on any atom is 0.343 e. The Hall–Kier alpha value is -2.50. The average molecular weight is 234 g/mol. The van der Waals surface area contributed by atoms with Gasteiger partial charge in [-0.05, 0) is 24.3 Å². The van der Waals surface area contributed by atoms with Gasteiger partial charge in [-0.1, -0.05) is 5.16 Å². The van der Waals surface area contributed by atoms with Crippen molar-refractivity contribution in [2.24, 2.45) is 0 Å². The summed E-state index contributed by atoms with van der Waals surface area (Å²) in [6.45, 7) is 0. The number of carboxylic acid groups (broad SMARTS) is 1. The molecule has 2 aromatic rings. The summed E-state index contributed by atoms with van der Waals surface area (Å²) in [5.41, 5.74) is 5.87. The first kappa shape index (κ1) is 11.0. The van der Waals surface area contributed by atoms with E-state index in [2.05, 4.69) is 5.16 Å². The van der Waals surface area contributed by atoms with Gasteiger partial charge in [-0.25, -0.2) is 4.79 Å². The van der Waals surface area contributed by atoms with Crippen molar-refractivity contribution >= 4 is 11.8 Å². The van der Waals surface area contributed by atoms with Crippen molar-refractivity contribution in [1.82, 2.24) is 5.16 Å². The number of hydrogen-bond acceptors (Lipinski definition) is 5. The number of anilines is 1. The molecule has 0 saturated heterocycles. The summed E-state index contributed by atoms with van der Waals surface area (Å²) in [6, 6.07) is 6.73. The molecule has 3 N–H and O–H groups in total. The van der Waals surface area contributed by atoms with Gasteiger partial charge in [0.2, 0.25) is 0 Å². The third-order valence-corrected chi connectivity index (χ3v) is 2.28. The molecule has 0 atom stereocenters. The summed E-state index contributed by atoms with van der Waals surface area (Å²) in [5, 5.41) is 12.4. The Bertz CT molecular complexity index is 545. The van der Waals surface area contributed by atoms with Crippen LogP contribution in [0.25, 0.3) is 11.3 Å². The first-order chi connectivity index (χ1) is 8.13. The van der Waals surface area contributed by atoms with E-state index in [0.717, 1.165) is 0 Å². The zero-order chi connectivity index (χ0) is 12.4. The number of hydrogen-bond donors (Lipinski definition) is 2. The summed E-state index contributed by atoms with van der Waals surface area (Å²) in [6.07, 6.45) is 0. The second-order valence-electron chi connectivity index (χ2n) is 3.31. The van der Waals surface area contributed by atoms with Crippen molar-refractivity contribution in [2.75, 3.05) is 12.8 Å². The molecule has 0 unspecified atom stereocenters. The molecule has 6 heteroatoms. The van der Waals surface area contributed by atoms with Crippen LogP contribution in [0.2, 0.25) is 0 Å². The van der Waals surface area contributed by atoms with Gasteiger partial charge in [0.05, 0.1) is 7.11 Å². The molecular formula is C11H10N2O4. The number of aromatic carboxylic acids is 1. The van der Waals surface area contributed by atoms with Crippen LogP contribution in [0.5, 0.6) is 5.75 Å². The van der Waals surface area contributed by atoms with Gasteiger partial charge in [-0.15, -0.1) is 0 Å². The van der Waals surface area contributed by atoms with E-state index in [1.807, 2.05) is 0 Å². The zero-order valence-electron chi connectivity index (χ0n) is 9.01. The number of carbonyl (C=O) groups is 1. The van der Waals surface area contributed by atoms with Crippen LogP contribution in [0.15, 0.2) is 28.8 Å². The van der Waals surface area contributed by atoms with Gasteiger partial charge in [0.15, 0.2) is 17.1 Å². The molecule has 0 saturated carbocycles. The Morgan fingerprint density at radius 3 is 2.59 bits per heavy atom. The topological polar surface area (TPSA) is 98.6 Å². The zero-order valence-corrected chi connectivity index (χ0v) is 9.01. The number of ether oxygens (including phenoxy) is 1. The second kappa shape index (κ2) is 4.17. The second-order valence-corrected chi connectivity index (χ2v) is 3.31. The van der Waals surface area contributed by atoms with Crippen molar-refractivity contribution < 1.29 is 19.2 Å². The molecule has 0 amide bonds. The van der Waals surface area contributed by atoms with E-state index in [1.165, 1.54) is 0 Å². The molecule has 1 aromatic carbocycles. The first-order valence-corrected chi connectivity index (χ1v) is 4.76. The Kier molecular flexibility index (Phi) is 2.70. The molecule has 0 fully saturated rings. The quantitative estimate of drug-likeness (QED) is 0.837. The first-order valence-electron chi connectivity index (χ1n) is 4.76.